The molecule has 0 nitrogen and oxygen atoms in total. The van der Waals surface area contributed by atoms with Crippen LogP contribution in [0.5, 0.6) is 0 Å². The first kappa shape index (κ1) is 9.04. The standard InChI is InChI=1S/C10H13.Li/c1-2-6-9(5-1)10-7-3-4-8-10;/h1-2,5-6,10H,3-4,7-8H2;/q-1;+1. The van der Waals surface area contributed by atoms with Gasteiger partial charge in [-0.05, 0) is 0 Å². The molecule has 0 heterocycles. The molecule has 2 rings (SSSR count). The summed E-state index contributed by atoms with van der Waals surface area (Å²) < 4.78 is 0. The van der Waals surface area contributed by atoms with E-state index in [0.717, 1.165) is 5.92 Å². The van der Waals surface area contributed by atoms with Crippen molar-refractivity contribution in [3.05, 3.63) is 29.8 Å². The molecule has 0 unspecified atom stereocenters. The van der Waals surface area contributed by atoms with Gasteiger partial charge in [0.15, 0.2) is 0 Å². The molecule has 0 N–H and O–H groups in total. The van der Waals surface area contributed by atoms with E-state index in [-0.39, 0.29) is 18.9 Å². The summed E-state index contributed by atoms with van der Waals surface area (Å²) in [6.45, 7) is 0. The zero-order valence-electron chi connectivity index (χ0n) is 7.22. The van der Waals surface area contributed by atoms with Gasteiger partial charge in [-0.15, -0.1) is 0 Å². The van der Waals surface area contributed by atoms with E-state index in [9.17, 15) is 0 Å². The maximum atomic E-state index is 2.26. The van der Waals surface area contributed by atoms with Crippen LogP contribution in [0.15, 0.2) is 24.3 Å². The van der Waals surface area contributed by atoms with Crippen LogP contribution in [0.3, 0.4) is 0 Å². The van der Waals surface area contributed by atoms with Crippen molar-refractivity contribution in [2.45, 2.75) is 31.6 Å². The smallest absolute Gasteiger partial charge is 0.213 e. The summed E-state index contributed by atoms with van der Waals surface area (Å²) in [6.07, 6.45) is 5.72. The van der Waals surface area contributed by atoms with Gasteiger partial charge >= 0.3 is 18.9 Å². The third-order valence-electron chi connectivity index (χ3n) is 2.52. The van der Waals surface area contributed by atoms with Gasteiger partial charge in [-0.2, -0.15) is 17.7 Å². The molecule has 54 valence electrons. The molecule has 1 aromatic carbocycles. The summed E-state index contributed by atoms with van der Waals surface area (Å²) in [4.78, 5) is 0. The molecule has 0 saturated heterocycles. The van der Waals surface area contributed by atoms with E-state index in [1.54, 1.807) is 5.56 Å². The maximum Gasteiger partial charge on any atom is 1.00 e. The Hall–Kier alpha value is -0.0526. The molecule has 1 aromatic rings. The Bertz CT molecular complexity index is 183. The molecular formula is C10H13Li. The van der Waals surface area contributed by atoms with Crippen molar-refractivity contribution in [3.8, 4) is 0 Å². The van der Waals surface area contributed by atoms with Gasteiger partial charge in [0.05, 0.1) is 0 Å². The minimum Gasteiger partial charge on any atom is -0.213 e. The molecule has 0 radical (unpaired) electrons. The molecule has 1 aliphatic rings. The van der Waals surface area contributed by atoms with Crippen molar-refractivity contribution >= 4 is 0 Å². The first-order valence-electron chi connectivity index (χ1n) is 4.18. The van der Waals surface area contributed by atoms with Crippen LogP contribution >= 0.6 is 0 Å². The van der Waals surface area contributed by atoms with Gasteiger partial charge in [-0.25, -0.2) is 12.1 Å². The Balaban J connectivity index is 0.000000605. The number of hydrogen-bond acceptors (Lipinski definition) is 0. The van der Waals surface area contributed by atoms with Gasteiger partial charge < -0.3 is 0 Å². The molecule has 0 aliphatic heterocycles. The molecule has 0 spiro atoms. The van der Waals surface area contributed by atoms with Crippen LogP contribution < -0.4 is 18.9 Å². The molecule has 0 aromatic heterocycles. The monoisotopic (exact) mass is 140 g/mol. The summed E-state index contributed by atoms with van der Waals surface area (Å²) in [6, 6.07) is 8.81. The second-order valence-electron chi connectivity index (χ2n) is 3.20. The van der Waals surface area contributed by atoms with Crippen LogP contribution in [0.2, 0.25) is 0 Å². The van der Waals surface area contributed by atoms with Crippen LogP contribution in [0.25, 0.3) is 0 Å². The van der Waals surface area contributed by atoms with Gasteiger partial charge in [-0.3, -0.25) is 0 Å². The van der Waals surface area contributed by atoms with Crippen molar-refractivity contribution in [3.63, 3.8) is 0 Å². The Morgan fingerprint density at radius 3 is 2.09 bits per heavy atom. The predicted octanol–water partition coefficient (Wildman–Crippen LogP) is 0.0671. The number of rotatable bonds is 1. The fourth-order valence-electron chi connectivity index (χ4n) is 1.92. The zero-order valence-corrected chi connectivity index (χ0v) is 7.22. The average molecular weight is 140 g/mol. The van der Waals surface area contributed by atoms with Crippen molar-refractivity contribution in [2.24, 2.45) is 0 Å². The second-order valence-corrected chi connectivity index (χ2v) is 3.20. The van der Waals surface area contributed by atoms with Crippen molar-refractivity contribution in [2.75, 3.05) is 0 Å². The van der Waals surface area contributed by atoms with Crippen LogP contribution in [0.4, 0.5) is 0 Å². The minimum absolute atomic E-state index is 0. The molecule has 0 atom stereocenters. The summed E-state index contributed by atoms with van der Waals surface area (Å²) in [5.41, 5.74) is 1.57. The quantitative estimate of drug-likeness (QED) is 0.382. The molecule has 1 fully saturated rings. The third-order valence-corrected chi connectivity index (χ3v) is 2.52. The van der Waals surface area contributed by atoms with Crippen molar-refractivity contribution in [1.82, 2.24) is 0 Å². The largest absolute Gasteiger partial charge is 1.00 e. The molecule has 1 heteroatoms. The fraction of sp³-hybridized carbons (Fsp3) is 0.500. The van der Waals surface area contributed by atoms with Crippen molar-refractivity contribution in [1.29, 1.82) is 0 Å². The normalized spacial score (nSPS) is 18.2. The zero-order chi connectivity index (χ0) is 6.81. The molecule has 0 bridgehead atoms. The van der Waals surface area contributed by atoms with Crippen LogP contribution in [0.1, 0.15) is 37.2 Å². The molecule has 1 aliphatic carbocycles. The summed E-state index contributed by atoms with van der Waals surface area (Å²) in [5.74, 6) is 0.898. The van der Waals surface area contributed by atoms with E-state index < -0.39 is 0 Å². The summed E-state index contributed by atoms with van der Waals surface area (Å²) in [7, 11) is 0. The van der Waals surface area contributed by atoms with E-state index in [1.807, 2.05) is 0 Å². The van der Waals surface area contributed by atoms with Gasteiger partial charge in [0.25, 0.3) is 0 Å². The third kappa shape index (κ3) is 1.95. The Labute approximate surface area is 80.5 Å². The molecule has 0 amide bonds. The van der Waals surface area contributed by atoms with E-state index in [1.165, 1.54) is 25.7 Å². The van der Waals surface area contributed by atoms with Gasteiger partial charge in [-0.1, -0.05) is 31.6 Å². The first-order chi connectivity index (χ1) is 4.97. The Morgan fingerprint density at radius 2 is 1.55 bits per heavy atom. The topological polar surface area (TPSA) is 0 Å². The van der Waals surface area contributed by atoms with Crippen LogP contribution in [0, 0.1) is 0 Å². The Morgan fingerprint density at radius 1 is 1.00 bits per heavy atom. The average Bonchev–Trinajstić information content (AvgIpc) is 2.59. The molecule has 1 saturated carbocycles. The predicted molar refractivity (Wildman–Crippen MR) is 43.2 cm³/mol. The van der Waals surface area contributed by atoms with E-state index in [4.69, 9.17) is 0 Å². The van der Waals surface area contributed by atoms with Crippen LogP contribution in [-0.4, -0.2) is 0 Å². The molecule has 11 heavy (non-hydrogen) atoms. The first-order valence-corrected chi connectivity index (χ1v) is 4.18. The van der Waals surface area contributed by atoms with Gasteiger partial charge in [0.1, 0.15) is 0 Å². The second kappa shape index (κ2) is 4.09. The van der Waals surface area contributed by atoms with Gasteiger partial charge in [0.2, 0.25) is 0 Å². The van der Waals surface area contributed by atoms with E-state index in [2.05, 4.69) is 24.3 Å². The van der Waals surface area contributed by atoms with E-state index in [0.29, 0.717) is 0 Å². The summed E-state index contributed by atoms with van der Waals surface area (Å²) >= 11 is 0. The maximum absolute atomic E-state index is 2.26. The van der Waals surface area contributed by atoms with E-state index >= 15 is 0 Å². The fourth-order valence-corrected chi connectivity index (χ4v) is 1.92. The summed E-state index contributed by atoms with van der Waals surface area (Å²) in [5, 5.41) is 0. The van der Waals surface area contributed by atoms with Gasteiger partial charge in [0, 0.05) is 0 Å². The number of hydrogen-bond donors (Lipinski definition) is 0. The van der Waals surface area contributed by atoms with Crippen molar-refractivity contribution < 1.29 is 18.9 Å². The van der Waals surface area contributed by atoms with Crippen LogP contribution in [-0.2, 0) is 0 Å². The minimum atomic E-state index is 0. The molecular weight excluding hydrogens is 127 g/mol. The SMILES string of the molecule is [Li+].c1cc[c-](C2CCCC2)c1. The Kier molecular flexibility index (Phi) is 3.36.